The molecule has 2 aromatic rings. The summed E-state index contributed by atoms with van der Waals surface area (Å²) in [5, 5.41) is 10.2. The molecule has 1 atom stereocenters. The van der Waals surface area contributed by atoms with Gasteiger partial charge in [0.15, 0.2) is 0 Å². The first-order chi connectivity index (χ1) is 13.0. The lowest BCUT2D eigenvalue weighted by Crippen LogP contribution is -2.47. The average Bonchev–Trinajstić information content (AvgIpc) is 2.68. The van der Waals surface area contributed by atoms with Gasteiger partial charge in [0.2, 0.25) is 0 Å². The molecule has 1 amide bonds. The van der Waals surface area contributed by atoms with E-state index in [0.29, 0.717) is 17.7 Å². The van der Waals surface area contributed by atoms with Crippen molar-refractivity contribution in [1.29, 1.82) is 5.41 Å². The highest BCUT2D eigenvalue weighted by molar-refractivity contribution is 6.04. The zero-order valence-electron chi connectivity index (χ0n) is 14.9. The molecule has 1 unspecified atom stereocenters. The number of hydrogen-bond donors (Lipinski definition) is 3. The number of carbonyl (C=O) groups excluding carboxylic acids is 2. The Morgan fingerprint density at radius 1 is 1.33 bits per heavy atom. The molecule has 27 heavy (non-hydrogen) atoms. The molecular formula is C19H21N4O4+. The quantitative estimate of drug-likeness (QED) is 0.324. The van der Waals surface area contributed by atoms with E-state index in [1.54, 1.807) is 36.7 Å². The number of nitrogen functional groups attached to an aromatic ring is 1. The summed E-state index contributed by atoms with van der Waals surface area (Å²) in [5.41, 5.74) is 7.49. The fourth-order valence-corrected chi connectivity index (χ4v) is 2.88. The molecule has 8 heteroatoms. The molecule has 1 aliphatic heterocycles. The summed E-state index contributed by atoms with van der Waals surface area (Å²) < 4.78 is 11.9. The third-order valence-corrected chi connectivity index (χ3v) is 4.34. The number of pyridine rings is 1. The zero-order valence-corrected chi connectivity index (χ0v) is 14.9. The van der Waals surface area contributed by atoms with E-state index < -0.39 is 0 Å². The Bertz CT molecular complexity index is 880. The molecule has 1 aromatic carbocycles. The second kappa shape index (κ2) is 7.86. The van der Waals surface area contributed by atoms with Crippen molar-refractivity contribution in [3.05, 3.63) is 53.9 Å². The van der Waals surface area contributed by atoms with Gasteiger partial charge in [-0.25, -0.2) is 4.57 Å². The minimum Gasteiger partial charge on any atom is -0.490 e. The van der Waals surface area contributed by atoms with E-state index in [0.717, 1.165) is 17.7 Å². The van der Waals surface area contributed by atoms with Gasteiger partial charge in [-0.2, -0.15) is 0 Å². The van der Waals surface area contributed by atoms with E-state index in [2.05, 4.69) is 10.1 Å². The van der Waals surface area contributed by atoms with Crippen LogP contribution in [0.3, 0.4) is 0 Å². The smallest absolute Gasteiger partial charge is 0.386 e. The van der Waals surface area contributed by atoms with Gasteiger partial charge in [0.25, 0.3) is 5.91 Å². The Morgan fingerprint density at radius 3 is 2.74 bits per heavy atom. The van der Waals surface area contributed by atoms with Gasteiger partial charge in [-0.1, -0.05) is 0 Å². The maximum absolute atomic E-state index is 12.4. The van der Waals surface area contributed by atoms with Crippen LogP contribution in [0.1, 0.15) is 28.8 Å². The topological polar surface area (TPSA) is 118 Å². The van der Waals surface area contributed by atoms with Crippen molar-refractivity contribution in [1.82, 2.24) is 0 Å². The Kier molecular flexibility index (Phi) is 5.35. The predicted molar refractivity (Wildman–Crippen MR) is 97.7 cm³/mol. The van der Waals surface area contributed by atoms with E-state index in [1.807, 2.05) is 6.07 Å². The molecule has 0 radical (unpaired) electrons. The van der Waals surface area contributed by atoms with Crippen molar-refractivity contribution in [2.45, 2.75) is 25.4 Å². The van der Waals surface area contributed by atoms with Crippen molar-refractivity contribution in [2.24, 2.45) is 5.73 Å². The Balaban J connectivity index is 1.66. The first-order valence-electron chi connectivity index (χ1n) is 8.49. The van der Waals surface area contributed by atoms with Crippen LogP contribution in [0, 0.1) is 5.41 Å². The van der Waals surface area contributed by atoms with Crippen LogP contribution in [-0.2, 0) is 16.0 Å². The number of nitrogens with zero attached hydrogens (tertiary/aromatic N) is 1. The average molecular weight is 369 g/mol. The molecule has 0 bridgehead atoms. The van der Waals surface area contributed by atoms with E-state index in [9.17, 15) is 9.59 Å². The fourth-order valence-electron chi connectivity index (χ4n) is 2.88. The van der Waals surface area contributed by atoms with Crippen LogP contribution >= 0.6 is 0 Å². The maximum atomic E-state index is 12.4. The molecule has 0 saturated heterocycles. The van der Waals surface area contributed by atoms with Gasteiger partial charge in [0.05, 0.1) is 25.9 Å². The number of rotatable bonds is 4. The summed E-state index contributed by atoms with van der Waals surface area (Å²) in [6.07, 6.45) is 4.61. The van der Waals surface area contributed by atoms with Crippen LogP contribution in [0.25, 0.3) is 0 Å². The van der Waals surface area contributed by atoms with E-state index in [4.69, 9.17) is 15.9 Å². The van der Waals surface area contributed by atoms with Gasteiger partial charge in [-0.05, 0) is 48.7 Å². The number of anilines is 1. The standard InChI is InChI=1S/C19H20N4O4/c1-26-17(24)11-15-4-2-13-10-14(3-5-16(13)27-15)22-18(25)12-6-8-23(9-7-12)19(20)21/h3,5-10,15H,2,4,11H2,1H3,(H3-,20,21,22,25)/p+1. The third-order valence-electron chi connectivity index (χ3n) is 4.34. The summed E-state index contributed by atoms with van der Waals surface area (Å²) in [4.78, 5) is 23.8. The zero-order chi connectivity index (χ0) is 19.4. The monoisotopic (exact) mass is 369 g/mol. The highest BCUT2D eigenvalue weighted by atomic mass is 16.5. The lowest BCUT2D eigenvalue weighted by molar-refractivity contribution is -0.558. The molecule has 1 aliphatic rings. The number of esters is 1. The molecule has 2 heterocycles. The van der Waals surface area contributed by atoms with Gasteiger partial charge >= 0.3 is 11.9 Å². The molecule has 1 aromatic heterocycles. The normalized spacial score (nSPS) is 15.2. The summed E-state index contributed by atoms with van der Waals surface area (Å²) in [6.45, 7) is 0. The highest BCUT2D eigenvalue weighted by Crippen LogP contribution is 2.31. The molecule has 0 aliphatic carbocycles. The third kappa shape index (κ3) is 4.41. The van der Waals surface area contributed by atoms with Gasteiger partial charge in [0, 0.05) is 11.3 Å². The van der Waals surface area contributed by atoms with E-state index in [-0.39, 0.29) is 30.4 Å². The van der Waals surface area contributed by atoms with Gasteiger partial charge in [-0.3, -0.25) is 15.3 Å². The number of fused-ring (bicyclic) bond motifs is 1. The van der Waals surface area contributed by atoms with Gasteiger partial charge < -0.3 is 14.8 Å². The minimum atomic E-state index is -0.290. The summed E-state index contributed by atoms with van der Waals surface area (Å²) in [6, 6.07) is 8.62. The van der Waals surface area contributed by atoms with Crippen molar-refractivity contribution >= 4 is 23.5 Å². The van der Waals surface area contributed by atoms with Crippen LogP contribution in [0.5, 0.6) is 5.75 Å². The Labute approximate surface area is 156 Å². The number of hydrogen-bond acceptors (Lipinski definition) is 5. The van der Waals surface area contributed by atoms with Crippen molar-refractivity contribution in [3.8, 4) is 5.75 Å². The number of amides is 1. The molecule has 0 fully saturated rings. The number of nitrogens with one attached hydrogen (secondary N) is 2. The molecule has 3 rings (SSSR count). The van der Waals surface area contributed by atoms with E-state index >= 15 is 0 Å². The first kappa shape index (κ1) is 18.4. The summed E-state index contributed by atoms with van der Waals surface area (Å²) >= 11 is 0. The number of aromatic nitrogens is 1. The molecule has 8 nitrogen and oxygen atoms in total. The van der Waals surface area contributed by atoms with Crippen LogP contribution in [0.15, 0.2) is 42.7 Å². The highest BCUT2D eigenvalue weighted by Gasteiger charge is 2.23. The fraction of sp³-hybridized carbons (Fsp3) is 0.263. The van der Waals surface area contributed by atoms with Gasteiger partial charge in [-0.15, -0.1) is 5.41 Å². The Hall–Kier alpha value is -3.42. The lowest BCUT2D eigenvalue weighted by atomic mass is 10.00. The second-order valence-electron chi connectivity index (χ2n) is 6.21. The SMILES string of the molecule is COC(=O)CC1CCc2cc(NC(=O)c3cc[n+](C(=N)N)cc3)ccc2O1. The number of ether oxygens (including phenoxy) is 2. The molecule has 140 valence electrons. The summed E-state index contributed by atoms with van der Waals surface area (Å²) in [7, 11) is 1.36. The molecule has 4 N–H and O–H groups in total. The van der Waals surface area contributed by atoms with Crippen LogP contribution in [0.4, 0.5) is 5.69 Å². The largest absolute Gasteiger partial charge is 0.490 e. The predicted octanol–water partition coefficient (Wildman–Crippen LogP) is 1.22. The second-order valence-corrected chi connectivity index (χ2v) is 6.21. The van der Waals surface area contributed by atoms with Crippen molar-refractivity contribution < 1.29 is 23.6 Å². The number of carbonyl (C=O) groups is 2. The molecule has 0 spiro atoms. The first-order valence-corrected chi connectivity index (χ1v) is 8.49. The number of methoxy groups -OCH3 is 1. The van der Waals surface area contributed by atoms with Crippen LogP contribution in [0.2, 0.25) is 0 Å². The van der Waals surface area contributed by atoms with Crippen LogP contribution in [-0.4, -0.2) is 31.0 Å². The van der Waals surface area contributed by atoms with Crippen LogP contribution < -0.4 is 20.4 Å². The van der Waals surface area contributed by atoms with E-state index in [1.165, 1.54) is 11.7 Å². The number of aryl methyl sites for hydroxylation is 1. The lowest BCUT2D eigenvalue weighted by Gasteiger charge is -2.25. The van der Waals surface area contributed by atoms with Gasteiger partial charge in [0.1, 0.15) is 11.9 Å². The maximum Gasteiger partial charge on any atom is 0.386 e. The Morgan fingerprint density at radius 2 is 2.07 bits per heavy atom. The molecule has 0 saturated carbocycles. The number of nitrogens with two attached hydrogens (primary N) is 1. The minimum absolute atomic E-state index is 0.123. The van der Waals surface area contributed by atoms with Crippen molar-refractivity contribution in [2.75, 3.05) is 12.4 Å². The van der Waals surface area contributed by atoms with Crippen molar-refractivity contribution in [3.63, 3.8) is 0 Å². The summed E-state index contributed by atoms with van der Waals surface area (Å²) in [5.74, 6) is 0.0461. The number of benzene rings is 1. The molecular weight excluding hydrogens is 348 g/mol.